The molecule has 22 heavy (non-hydrogen) atoms. The monoisotopic (exact) mass is 332 g/mol. The van der Waals surface area contributed by atoms with Crippen LogP contribution in [0.15, 0.2) is 48.7 Å². The lowest BCUT2D eigenvalue weighted by molar-refractivity contribution is -0.118. The predicted octanol–water partition coefficient (Wildman–Crippen LogP) is 4.48. The van der Waals surface area contributed by atoms with E-state index in [1.807, 2.05) is 48.7 Å². The Morgan fingerprint density at radius 3 is 2.45 bits per heavy atom. The number of rotatable bonds is 4. The average molecular weight is 333 g/mol. The number of halogens is 2. The van der Waals surface area contributed by atoms with Crippen molar-refractivity contribution in [2.24, 2.45) is 5.73 Å². The van der Waals surface area contributed by atoms with Gasteiger partial charge < -0.3 is 10.7 Å². The molecule has 0 saturated heterocycles. The van der Waals surface area contributed by atoms with Gasteiger partial charge in [0.1, 0.15) is 0 Å². The minimum absolute atomic E-state index is 0.137. The Kier molecular flexibility index (Phi) is 4.10. The molecular weight excluding hydrogens is 319 g/mol. The van der Waals surface area contributed by atoms with Crippen LogP contribution in [0.25, 0.3) is 10.9 Å². The maximum atomic E-state index is 11.5. The fraction of sp³-hybridized carbons (Fsp3) is 0.118. The highest BCUT2D eigenvalue weighted by atomic mass is 35.5. The number of H-pyrrole nitrogens is 1. The van der Waals surface area contributed by atoms with E-state index in [0.717, 1.165) is 22.0 Å². The third kappa shape index (κ3) is 2.96. The molecule has 0 spiro atoms. The molecule has 3 N–H and O–H groups in total. The van der Waals surface area contributed by atoms with Crippen LogP contribution in [0.4, 0.5) is 0 Å². The van der Waals surface area contributed by atoms with Gasteiger partial charge in [0.25, 0.3) is 0 Å². The Balaban J connectivity index is 2.13. The lowest BCUT2D eigenvalue weighted by atomic mass is 9.88. The molecule has 0 unspecified atom stereocenters. The molecule has 0 bridgehead atoms. The van der Waals surface area contributed by atoms with Crippen LogP contribution in [0.3, 0.4) is 0 Å². The number of hydrogen-bond acceptors (Lipinski definition) is 1. The fourth-order valence-electron chi connectivity index (χ4n) is 2.71. The zero-order valence-electron chi connectivity index (χ0n) is 11.6. The second kappa shape index (κ2) is 6.03. The van der Waals surface area contributed by atoms with E-state index in [2.05, 4.69) is 4.98 Å². The summed E-state index contributed by atoms with van der Waals surface area (Å²) in [4.78, 5) is 14.7. The van der Waals surface area contributed by atoms with Crippen molar-refractivity contribution in [3.8, 4) is 0 Å². The summed E-state index contributed by atoms with van der Waals surface area (Å²) < 4.78 is 0. The van der Waals surface area contributed by atoms with Crippen LogP contribution >= 0.6 is 23.2 Å². The summed E-state index contributed by atoms with van der Waals surface area (Å²) in [7, 11) is 0. The van der Waals surface area contributed by atoms with Gasteiger partial charge in [0.2, 0.25) is 5.91 Å². The first-order valence-corrected chi connectivity index (χ1v) is 7.60. The van der Waals surface area contributed by atoms with E-state index in [1.54, 1.807) is 0 Å². The summed E-state index contributed by atoms with van der Waals surface area (Å²) in [5.41, 5.74) is 8.40. The van der Waals surface area contributed by atoms with Crippen LogP contribution in [0, 0.1) is 0 Å². The van der Waals surface area contributed by atoms with Gasteiger partial charge in [-0.1, -0.05) is 35.3 Å². The first kappa shape index (κ1) is 14.9. The lowest BCUT2D eigenvalue weighted by Crippen LogP contribution is -2.16. The van der Waals surface area contributed by atoms with Crippen molar-refractivity contribution in [3.63, 3.8) is 0 Å². The minimum atomic E-state index is -0.351. The number of carbonyl (C=O) groups excluding carboxylic acids is 1. The number of hydrogen-bond donors (Lipinski definition) is 2. The van der Waals surface area contributed by atoms with E-state index >= 15 is 0 Å². The van der Waals surface area contributed by atoms with Gasteiger partial charge in [-0.3, -0.25) is 4.79 Å². The van der Waals surface area contributed by atoms with Gasteiger partial charge in [-0.25, -0.2) is 0 Å². The van der Waals surface area contributed by atoms with Gasteiger partial charge in [0.05, 0.1) is 0 Å². The molecule has 0 aliphatic rings. The molecule has 2 aromatic carbocycles. The maximum absolute atomic E-state index is 11.5. The van der Waals surface area contributed by atoms with E-state index in [0.29, 0.717) is 10.0 Å². The van der Waals surface area contributed by atoms with Gasteiger partial charge in [-0.15, -0.1) is 0 Å². The Bertz CT molecular complexity index is 824. The fourth-order valence-corrected chi connectivity index (χ4v) is 3.00. The molecule has 3 rings (SSSR count). The van der Waals surface area contributed by atoms with Gasteiger partial charge in [0.15, 0.2) is 0 Å². The molecule has 0 radical (unpaired) electrons. The van der Waals surface area contributed by atoms with E-state index in [-0.39, 0.29) is 18.2 Å². The molecule has 0 aliphatic heterocycles. The Morgan fingerprint density at radius 2 is 1.77 bits per heavy atom. The average Bonchev–Trinajstić information content (AvgIpc) is 2.88. The van der Waals surface area contributed by atoms with Crippen molar-refractivity contribution >= 4 is 40.0 Å². The van der Waals surface area contributed by atoms with Gasteiger partial charge >= 0.3 is 0 Å². The van der Waals surface area contributed by atoms with Crippen molar-refractivity contribution < 1.29 is 4.79 Å². The second-order valence-electron chi connectivity index (χ2n) is 5.21. The first-order chi connectivity index (χ1) is 10.5. The molecule has 3 aromatic rings. The number of nitrogens with one attached hydrogen (secondary N) is 1. The second-order valence-corrected chi connectivity index (χ2v) is 6.08. The van der Waals surface area contributed by atoms with E-state index in [9.17, 15) is 4.79 Å². The summed E-state index contributed by atoms with van der Waals surface area (Å²) in [5, 5.41) is 2.31. The lowest BCUT2D eigenvalue weighted by Gasteiger charge is -2.15. The van der Waals surface area contributed by atoms with Crippen molar-refractivity contribution in [1.29, 1.82) is 0 Å². The number of nitrogens with two attached hydrogens (primary N) is 1. The molecule has 1 heterocycles. The third-order valence-corrected chi connectivity index (χ3v) is 4.22. The molecule has 112 valence electrons. The molecule has 0 fully saturated rings. The van der Waals surface area contributed by atoms with Crippen LogP contribution < -0.4 is 5.73 Å². The first-order valence-electron chi connectivity index (χ1n) is 6.85. The van der Waals surface area contributed by atoms with Crippen molar-refractivity contribution in [3.05, 3.63) is 69.8 Å². The molecule has 0 aliphatic carbocycles. The van der Waals surface area contributed by atoms with Crippen LogP contribution in [0.2, 0.25) is 10.0 Å². The number of aromatic nitrogens is 1. The third-order valence-electron chi connectivity index (χ3n) is 3.73. The Hall–Kier alpha value is -1.97. The zero-order chi connectivity index (χ0) is 15.7. The smallest absolute Gasteiger partial charge is 0.218 e. The summed E-state index contributed by atoms with van der Waals surface area (Å²) in [6, 6.07) is 13.1. The van der Waals surface area contributed by atoms with Crippen molar-refractivity contribution in [2.45, 2.75) is 12.3 Å². The van der Waals surface area contributed by atoms with Crippen LogP contribution in [0.1, 0.15) is 23.5 Å². The number of primary amides is 1. The Morgan fingerprint density at radius 1 is 1.09 bits per heavy atom. The van der Waals surface area contributed by atoms with Crippen LogP contribution in [-0.4, -0.2) is 10.9 Å². The summed E-state index contributed by atoms with van der Waals surface area (Å²) >= 11 is 12.0. The molecule has 1 atom stereocenters. The largest absolute Gasteiger partial charge is 0.370 e. The summed E-state index contributed by atoms with van der Waals surface area (Å²) in [6.07, 6.45) is 2.13. The topological polar surface area (TPSA) is 58.9 Å². The molecule has 0 saturated carbocycles. The number of benzene rings is 2. The van der Waals surface area contributed by atoms with Crippen LogP contribution in [0.5, 0.6) is 0 Å². The maximum Gasteiger partial charge on any atom is 0.218 e. The van der Waals surface area contributed by atoms with Gasteiger partial charge in [-0.2, -0.15) is 0 Å². The normalized spacial score (nSPS) is 12.5. The van der Waals surface area contributed by atoms with E-state index < -0.39 is 0 Å². The molecule has 3 nitrogen and oxygen atoms in total. The number of carbonyl (C=O) groups is 1. The van der Waals surface area contributed by atoms with Crippen molar-refractivity contribution in [2.75, 3.05) is 0 Å². The highest BCUT2D eigenvalue weighted by Crippen LogP contribution is 2.34. The molecular formula is C17H14Cl2N2O. The van der Waals surface area contributed by atoms with Gasteiger partial charge in [-0.05, 0) is 41.5 Å². The van der Waals surface area contributed by atoms with Crippen molar-refractivity contribution in [1.82, 2.24) is 4.98 Å². The number of fused-ring (bicyclic) bond motifs is 1. The molecule has 1 aromatic heterocycles. The Labute approximate surface area is 138 Å². The SMILES string of the molecule is NC(=O)C[C@@H](c1ccc(Cl)cc1)c1c[nH]c2ccc(Cl)cc12. The zero-order valence-corrected chi connectivity index (χ0v) is 13.2. The molecule has 5 heteroatoms. The highest BCUT2D eigenvalue weighted by molar-refractivity contribution is 6.31. The van der Waals surface area contributed by atoms with Gasteiger partial charge in [0, 0.05) is 39.5 Å². The van der Waals surface area contributed by atoms with Crippen LogP contribution in [-0.2, 0) is 4.79 Å². The summed E-state index contributed by atoms with van der Waals surface area (Å²) in [6.45, 7) is 0. The molecule has 1 amide bonds. The highest BCUT2D eigenvalue weighted by Gasteiger charge is 2.20. The number of aromatic amines is 1. The standard InChI is InChI=1S/C17H14Cl2N2O/c18-11-3-1-10(2-4-11)13(8-17(20)22)15-9-21-16-6-5-12(19)7-14(15)16/h1-7,9,13,21H,8H2,(H2,20,22)/t13-/m0/s1. The van der Waals surface area contributed by atoms with E-state index in [1.165, 1.54) is 0 Å². The summed E-state index contributed by atoms with van der Waals surface area (Å²) in [5.74, 6) is -0.488. The predicted molar refractivity (Wildman–Crippen MR) is 90.4 cm³/mol. The quantitative estimate of drug-likeness (QED) is 0.726. The minimum Gasteiger partial charge on any atom is -0.370 e. The number of amides is 1. The van der Waals surface area contributed by atoms with E-state index in [4.69, 9.17) is 28.9 Å².